The largest absolute Gasteiger partial charge is 0.207 e. The second-order valence-corrected chi connectivity index (χ2v) is 6.91. The number of thioether (sulfide) groups is 1. The lowest BCUT2D eigenvalue weighted by atomic mass is 10.0. The van der Waals surface area contributed by atoms with E-state index in [2.05, 4.69) is 58.0 Å². The van der Waals surface area contributed by atoms with Gasteiger partial charge in [-0.3, -0.25) is 0 Å². The van der Waals surface area contributed by atoms with E-state index < -0.39 is 0 Å². The normalized spacial score (nSPS) is 13.0. The Balaban J connectivity index is 2.50. The fraction of sp³-hybridized carbons (Fsp3) is 0.238. The Kier molecular flexibility index (Phi) is 6.23. The molecule has 0 N–H and O–H groups in total. The molecular formula is C21H23FS. The summed E-state index contributed by atoms with van der Waals surface area (Å²) in [4.78, 5) is 2.44. The number of hydrogen-bond acceptors (Lipinski definition) is 1. The first-order valence-electron chi connectivity index (χ1n) is 7.89. The van der Waals surface area contributed by atoms with Crippen LogP contribution in [0.25, 0.3) is 10.5 Å². The van der Waals surface area contributed by atoms with E-state index in [4.69, 9.17) is 0 Å². The fourth-order valence-electron chi connectivity index (χ4n) is 2.38. The molecule has 0 fully saturated rings. The van der Waals surface area contributed by atoms with Gasteiger partial charge in [0, 0.05) is 4.91 Å². The van der Waals surface area contributed by atoms with Crippen molar-refractivity contribution in [2.75, 3.05) is 0 Å². The van der Waals surface area contributed by atoms with Crippen LogP contribution in [0.1, 0.15) is 43.9 Å². The zero-order chi connectivity index (χ0) is 16.8. The molecule has 0 amide bonds. The number of benzene rings is 2. The Morgan fingerprint density at radius 1 is 0.957 bits per heavy atom. The third kappa shape index (κ3) is 4.84. The predicted molar refractivity (Wildman–Crippen MR) is 102 cm³/mol. The third-order valence-corrected chi connectivity index (χ3v) is 4.92. The van der Waals surface area contributed by atoms with Crippen LogP contribution in [0.5, 0.6) is 0 Å². The van der Waals surface area contributed by atoms with Crippen LogP contribution in [0.4, 0.5) is 4.39 Å². The summed E-state index contributed by atoms with van der Waals surface area (Å²) in [6.45, 7) is 8.49. The van der Waals surface area contributed by atoms with Gasteiger partial charge in [-0.05, 0) is 60.9 Å². The number of aryl methyl sites for hydroxylation is 1. The van der Waals surface area contributed by atoms with Crippen LogP contribution in [0.15, 0.2) is 59.5 Å². The maximum absolute atomic E-state index is 13.3. The van der Waals surface area contributed by atoms with Crippen molar-refractivity contribution in [3.05, 3.63) is 82.0 Å². The van der Waals surface area contributed by atoms with Gasteiger partial charge in [0.2, 0.25) is 0 Å². The monoisotopic (exact) mass is 326 g/mol. The van der Waals surface area contributed by atoms with Crippen LogP contribution in [-0.2, 0) is 0 Å². The van der Waals surface area contributed by atoms with Gasteiger partial charge in [0.15, 0.2) is 0 Å². The van der Waals surface area contributed by atoms with E-state index in [-0.39, 0.29) is 5.82 Å². The topological polar surface area (TPSA) is 0 Å². The lowest BCUT2D eigenvalue weighted by Gasteiger charge is -2.14. The molecule has 120 valence electrons. The molecule has 0 radical (unpaired) electrons. The first kappa shape index (κ1) is 17.6. The molecule has 2 rings (SSSR count). The molecular weight excluding hydrogens is 303 g/mol. The highest BCUT2D eigenvalue weighted by Gasteiger charge is 2.10. The molecule has 0 aliphatic carbocycles. The van der Waals surface area contributed by atoms with Crippen molar-refractivity contribution in [1.82, 2.24) is 0 Å². The first-order valence-corrected chi connectivity index (χ1v) is 8.71. The van der Waals surface area contributed by atoms with Crippen LogP contribution in [0.2, 0.25) is 0 Å². The Morgan fingerprint density at radius 3 is 2.09 bits per heavy atom. The average Bonchev–Trinajstić information content (AvgIpc) is 2.54. The predicted octanol–water partition coefficient (Wildman–Crippen LogP) is 7.07. The zero-order valence-electron chi connectivity index (χ0n) is 14.2. The van der Waals surface area contributed by atoms with Gasteiger partial charge in [-0.15, -0.1) is 0 Å². The summed E-state index contributed by atoms with van der Waals surface area (Å²) in [6.07, 6.45) is 3.23. The van der Waals surface area contributed by atoms with Crippen LogP contribution >= 0.6 is 11.8 Å². The van der Waals surface area contributed by atoms with E-state index in [1.807, 2.05) is 12.1 Å². The average molecular weight is 326 g/mol. The van der Waals surface area contributed by atoms with Crippen molar-refractivity contribution in [2.45, 2.75) is 34.1 Å². The van der Waals surface area contributed by atoms with Crippen molar-refractivity contribution in [3.8, 4) is 0 Å². The van der Waals surface area contributed by atoms with E-state index in [9.17, 15) is 4.39 Å². The maximum Gasteiger partial charge on any atom is 0.123 e. The molecule has 0 bridgehead atoms. The van der Waals surface area contributed by atoms with Crippen LogP contribution < -0.4 is 0 Å². The van der Waals surface area contributed by atoms with E-state index >= 15 is 0 Å². The molecule has 2 aromatic rings. The van der Waals surface area contributed by atoms with Crippen molar-refractivity contribution in [3.63, 3.8) is 0 Å². The molecule has 0 aromatic heterocycles. The number of halogens is 1. The fourth-order valence-corrected chi connectivity index (χ4v) is 3.47. The van der Waals surface area contributed by atoms with Crippen molar-refractivity contribution < 1.29 is 4.39 Å². The minimum atomic E-state index is -0.202. The standard InChI is InChI=1S/C21H23FS/c1-5-6-16(3)23-21(19-11-13-20(22)14-12-19)17(4)18-9-7-15(2)8-10-18/h6-14H,5H2,1-4H3/b16-6+,21-17+. The Labute approximate surface area is 143 Å². The summed E-state index contributed by atoms with van der Waals surface area (Å²) >= 11 is 1.75. The van der Waals surface area contributed by atoms with E-state index in [0.717, 1.165) is 12.0 Å². The second-order valence-electron chi connectivity index (χ2n) is 5.65. The molecule has 2 heteroatoms. The lowest BCUT2D eigenvalue weighted by molar-refractivity contribution is 0.628. The third-order valence-electron chi connectivity index (χ3n) is 3.69. The van der Waals surface area contributed by atoms with Gasteiger partial charge in [0.25, 0.3) is 0 Å². The van der Waals surface area contributed by atoms with Gasteiger partial charge in [-0.25, -0.2) is 4.39 Å². The minimum Gasteiger partial charge on any atom is -0.207 e. The number of rotatable bonds is 5. The Morgan fingerprint density at radius 2 is 1.52 bits per heavy atom. The Bertz CT molecular complexity index is 707. The van der Waals surface area contributed by atoms with Gasteiger partial charge in [-0.2, -0.15) is 0 Å². The van der Waals surface area contributed by atoms with E-state index in [0.29, 0.717) is 0 Å². The summed E-state index contributed by atoms with van der Waals surface area (Å²) in [7, 11) is 0. The molecule has 0 spiro atoms. The van der Waals surface area contributed by atoms with Crippen LogP contribution in [0.3, 0.4) is 0 Å². The number of hydrogen-bond donors (Lipinski definition) is 0. The lowest BCUT2D eigenvalue weighted by Crippen LogP contribution is -1.89. The van der Waals surface area contributed by atoms with Gasteiger partial charge in [0.05, 0.1) is 0 Å². The van der Waals surface area contributed by atoms with E-state index in [1.54, 1.807) is 11.8 Å². The molecule has 0 atom stereocenters. The SMILES string of the molecule is CC/C=C(\C)S/C(=C(\C)c1ccc(C)cc1)c1ccc(F)cc1. The summed E-state index contributed by atoms with van der Waals surface area (Å²) < 4.78 is 13.3. The molecule has 0 saturated carbocycles. The molecule has 0 aliphatic rings. The molecule has 0 heterocycles. The molecule has 0 nitrogen and oxygen atoms in total. The molecule has 0 saturated heterocycles. The minimum absolute atomic E-state index is 0.202. The smallest absolute Gasteiger partial charge is 0.123 e. The first-order chi connectivity index (χ1) is 11.0. The molecule has 23 heavy (non-hydrogen) atoms. The summed E-state index contributed by atoms with van der Waals surface area (Å²) in [6, 6.07) is 15.3. The molecule has 0 unspecified atom stereocenters. The summed E-state index contributed by atoms with van der Waals surface area (Å²) in [5.41, 5.74) is 4.72. The quantitative estimate of drug-likeness (QED) is 0.529. The van der Waals surface area contributed by atoms with Crippen LogP contribution in [0, 0.1) is 12.7 Å². The van der Waals surface area contributed by atoms with Crippen molar-refractivity contribution in [1.29, 1.82) is 0 Å². The van der Waals surface area contributed by atoms with Gasteiger partial charge in [-0.1, -0.05) is 66.7 Å². The van der Waals surface area contributed by atoms with Crippen molar-refractivity contribution >= 4 is 22.2 Å². The second kappa shape index (κ2) is 8.16. The zero-order valence-corrected chi connectivity index (χ0v) is 15.0. The van der Waals surface area contributed by atoms with Crippen molar-refractivity contribution in [2.24, 2.45) is 0 Å². The van der Waals surface area contributed by atoms with Gasteiger partial charge in [0.1, 0.15) is 5.82 Å². The highest BCUT2D eigenvalue weighted by Crippen LogP contribution is 2.39. The highest BCUT2D eigenvalue weighted by molar-refractivity contribution is 8.12. The Hall–Kier alpha value is -1.80. The number of allylic oxidation sites excluding steroid dienone is 3. The summed E-state index contributed by atoms with van der Waals surface area (Å²) in [5, 5.41) is 0. The molecule has 0 aliphatic heterocycles. The highest BCUT2D eigenvalue weighted by atomic mass is 32.2. The molecule has 2 aromatic carbocycles. The van der Waals surface area contributed by atoms with Gasteiger partial charge < -0.3 is 0 Å². The van der Waals surface area contributed by atoms with Gasteiger partial charge >= 0.3 is 0 Å². The summed E-state index contributed by atoms with van der Waals surface area (Å²) in [5.74, 6) is -0.202. The maximum atomic E-state index is 13.3. The van der Waals surface area contributed by atoms with E-state index in [1.165, 1.54) is 38.6 Å². The van der Waals surface area contributed by atoms with Crippen LogP contribution in [-0.4, -0.2) is 0 Å².